The number of ether oxygens (including phenoxy) is 1. The Morgan fingerprint density at radius 2 is 1.88 bits per heavy atom. The zero-order valence-corrected chi connectivity index (χ0v) is 14.5. The molecule has 0 spiro atoms. The Hall–Kier alpha value is -1.67. The van der Waals surface area contributed by atoms with Crippen molar-refractivity contribution >= 4 is 10.0 Å². The Morgan fingerprint density at radius 1 is 1.17 bits per heavy atom. The molecule has 1 saturated heterocycles. The molecule has 7 heteroatoms. The first-order valence-electron chi connectivity index (χ1n) is 7.98. The highest BCUT2D eigenvalue weighted by molar-refractivity contribution is 7.89. The number of rotatable bonds is 6. The van der Waals surface area contributed by atoms with Gasteiger partial charge in [-0.2, -0.15) is 0 Å². The van der Waals surface area contributed by atoms with Crippen molar-refractivity contribution in [3.8, 4) is 0 Å². The molecule has 1 aliphatic heterocycles. The van der Waals surface area contributed by atoms with Crippen molar-refractivity contribution in [2.45, 2.75) is 17.9 Å². The maximum Gasteiger partial charge on any atom is 0.240 e. The lowest BCUT2D eigenvalue weighted by Crippen LogP contribution is -2.43. The molecule has 2 aromatic rings. The first kappa shape index (κ1) is 17.2. The molecule has 0 saturated carbocycles. The van der Waals surface area contributed by atoms with E-state index in [1.54, 1.807) is 30.5 Å². The van der Waals surface area contributed by atoms with Crippen LogP contribution in [0.3, 0.4) is 0 Å². The first-order valence-corrected chi connectivity index (χ1v) is 9.46. The van der Waals surface area contributed by atoms with Gasteiger partial charge in [-0.1, -0.05) is 17.7 Å². The summed E-state index contributed by atoms with van der Waals surface area (Å²) in [6.07, 6.45) is 1.61. The van der Waals surface area contributed by atoms with Gasteiger partial charge in [0.15, 0.2) is 0 Å². The smallest absolute Gasteiger partial charge is 0.240 e. The van der Waals surface area contributed by atoms with E-state index in [4.69, 9.17) is 9.15 Å². The number of hydrogen-bond acceptors (Lipinski definition) is 5. The summed E-state index contributed by atoms with van der Waals surface area (Å²) < 4.78 is 38.6. The molecule has 24 heavy (non-hydrogen) atoms. The summed E-state index contributed by atoms with van der Waals surface area (Å²) in [5.74, 6) is 0.753. The van der Waals surface area contributed by atoms with Crippen LogP contribution in [0.1, 0.15) is 17.4 Å². The van der Waals surface area contributed by atoms with Gasteiger partial charge in [-0.15, -0.1) is 0 Å². The molecule has 1 N–H and O–H groups in total. The third kappa shape index (κ3) is 4.05. The molecule has 3 rings (SSSR count). The number of hydrogen-bond donors (Lipinski definition) is 1. The van der Waals surface area contributed by atoms with E-state index in [1.807, 2.05) is 19.1 Å². The van der Waals surface area contributed by atoms with E-state index in [0.29, 0.717) is 13.2 Å². The number of benzene rings is 1. The van der Waals surface area contributed by atoms with Crippen molar-refractivity contribution in [1.29, 1.82) is 0 Å². The third-order valence-electron chi connectivity index (χ3n) is 4.16. The van der Waals surface area contributed by atoms with Crippen LogP contribution < -0.4 is 4.72 Å². The monoisotopic (exact) mass is 350 g/mol. The molecule has 0 bridgehead atoms. The van der Waals surface area contributed by atoms with Gasteiger partial charge >= 0.3 is 0 Å². The Balaban J connectivity index is 1.74. The molecular weight excluding hydrogens is 328 g/mol. The molecule has 1 aromatic carbocycles. The average Bonchev–Trinajstić information content (AvgIpc) is 3.11. The minimum Gasteiger partial charge on any atom is -0.468 e. The van der Waals surface area contributed by atoms with Crippen LogP contribution in [0, 0.1) is 6.92 Å². The minimum absolute atomic E-state index is 0.149. The number of morpholine rings is 1. The lowest BCUT2D eigenvalue weighted by Gasteiger charge is -2.33. The number of furan rings is 1. The van der Waals surface area contributed by atoms with Gasteiger partial charge < -0.3 is 9.15 Å². The number of aryl methyl sites for hydroxylation is 1. The molecule has 1 aromatic heterocycles. The van der Waals surface area contributed by atoms with E-state index in [2.05, 4.69) is 9.62 Å². The number of nitrogens with zero attached hydrogens (tertiary/aromatic N) is 1. The maximum atomic E-state index is 12.5. The molecule has 0 unspecified atom stereocenters. The molecule has 6 nitrogen and oxygen atoms in total. The van der Waals surface area contributed by atoms with E-state index in [1.165, 1.54) is 0 Å². The summed E-state index contributed by atoms with van der Waals surface area (Å²) in [4.78, 5) is 2.45. The van der Waals surface area contributed by atoms with Crippen molar-refractivity contribution < 1.29 is 17.6 Å². The predicted octanol–water partition coefficient (Wildman–Crippen LogP) is 1.94. The quantitative estimate of drug-likeness (QED) is 0.862. The third-order valence-corrected chi connectivity index (χ3v) is 5.60. The van der Waals surface area contributed by atoms with Gasteiger partial charge in [-0.05, 0) is 31.2 Å². The Bertz CT molecular complexity index is 735. The fourth-order valence-corrected chi connectivity index (χ4v) is 3.81. The maximum absolute atomic E-state index is 12.5. The summed E-state index contributed by atoms with van der Waals surface area (Å²) in [7, 11) is -3.55. The van der Waals surface area contributed by atoms with Crippen LogP contribution in [0.2, 0.25) is 0 Å². The standard InChI is InChI=1S/C17H22N2O4S/c1-14-4-6-15(7-5-14)24(20,21)18-13-16(17-3-2-10-23-17)19-8-11-22-12-9-19/h2-7,10,16,18H,8-9,11-13H2,1H3/t16-/m1/s1. The highest BCUT2D eigenvalue weighted by atomic mass is 32.2. The highest BCUT2D eigenvalue weighted by Gasteiger charge is 2.26. The van der Waals surface area contributed by atoms with Crippen LogP contribution in [0.4, 0.5) is 0 Å². The van der Waals surface area contributed by atoms with Gasteiger partial charge in [0.1, 0.15) is 5.76 Å². The molecular formula is C17H22N2O4S. The minimum atomic E-state index is -3.55. The van der Waals surface area contributed by atoms with E-state index in [9.17, 15) is 8.42 Å². The normalized spacial score (nSPS) is 17.7. The van der Waals surface area contributed by atoms with Crippen LogP contribution in [-0.4, -0.2) is 46.2 Å². The molecule has 1 fully saturated rings. The van der Waals surface area contributed by atoms with Crippen LogP contribution in [0.5, 0.6) is 0 Å². The zero-order chi connectivity index (χ0) is 17.0. The Labute approximate surface area is 142 Å². The lowest BCUT2D eigenvalue weighted by atomic mass is 10.2. The van der Waals surface area contributed by atoms with Crippen molar-refractivity contribution in [2.75, 3.05) is 32.8 Å². The molecule has 0 radical (unpaired) electrons. The van der Waals surface area contributed by atoms with Gasteiger partial charge in [0.2, 0.25) is 10.0 Å². The lowest BCUT2D eigenvalue weighted by molar-refractivity contribution is 0.0128. The number of nitrogens with one attached hydrogen (secondary N) is 1. The van der Waals surface area contributed by atoms with Crippen LogP contribution in [-0.2, 0) is 14.8 Å². The van der Waals surface area contributed by atoms with Crippen LogP contribution in [0.15, 0.2) is 52.0 Å². The Kier molecular flexibility index (Phi) is 5.35. The summed E-state index contributed by atoms with van der Waals surface area (Å²) >= 11 is 0. The van der Waals surface area contributed by atoms with Gasteiger partial charge in [0, 0.05) is 19.6 Å². The van der Waals surface area contributed by atoms with Gasteiger partial charge in [0.25, 0.3) is 0 Å². The summed E-state index contributed by atoms with van der Waals surface area (Å²) in [5.41, 5.74) is 1.02. The fourth-order valence-electron chi connectivity index (χ4n) is 2.77. The van der Waals surface area contributed by atoms with E-state index in [-0.39, 0.29) is 17.5 Å². The van der Waals surface area contributed by atoms with E-state index >= 15 is 0 Å². The molecule has 0 amide bonds. The fraction of sp³-hybridized carbons (Fsp3) is 0.412. The van der Waals surface area contributed by atoms with Gasteiger partial charge in [-0.3, -0.25) is 4.90 Å². The summed E-state index contributed by atoms with van der Waals surface area (Å²) in [6, 6.07) is 10.4. The zero-order valence-electron chi connectivity index (χ0n) is 13.6. The number of sulfonamides is 1. The summed E-state index contributed by atoms with van der Waals surface area (Å²) in [6.45, 7) is 4.96. The van der Waals surface area contributed by atoms with Crippen molar-refractivity contribution in [1.82, 2.24) is 9.62 Å². The van der Waals surface area contributed by atoms with Crippen LogP contribution in [0.25, 0.3) is 0 Å². The van der Waals surface area contributed by atoms with E-state index < -0.39 is 10.0 Å². The van der Waals surface area contributed by atoms with Crippen LogP contribution >= 0.6 is 0 Å². The van der Waals surface area contributed by atoms with Crippen molar-refractivity contribution in [3.63, 3.8) is 0 Å². The summed E-state index contributed by atoms with van der Waals surface area (Å²) in [5, 5.41) is 0. The molecule has 1 aliphatic rings. The first-order chi connectivity index (χ1) is 11.6. The molecule has 0 aliphatic carbocycles. The second kappa shape index (κ2) is 7.48. The predicted molar refractivity (Wildman–Crippen MR) is 90.2 cm³/mol. The largest absolute Gasteiger partial charge is 0.468 e. The topological polar surface area (TPSA) is 71.8 Å². The van der Waals surface area contributed by atoms with Crippen molar-refractivity contribution in [2.24, 2.45) is 0 Å². The second-order valence-electron chi connectivity index (χ2n) is 5.84. The molecule has 130 valence electrons. The Morgan fingerprint density at radius 3 is 2.50 bits per heavy atom. The van der Waals surface area contributed by atoms with Gasteiger partial charge in [-0.25, -0.2) is 13.1 Å². The van der Waals surface area contributed by atoms with E-state index in [0.717, 1.165) is 24.4 Å². The molecule has 2 heterocycles. The molecule has 1 atom stereocenters. The second-order valence-corrected chi connectivity index (χ2v) is 7.61. The van der Waals surface area contributed by atoms with Gasteiger partial charge in [0.05, 0.1) is 30.4 Å². The average molecular weight is 350 g/mol. The SMILES string of the molecule is Cc1ccc(S(=O)(=O)NC[C@H](c2ccco2)N2CCOCC2)cc1. The van der Waals surface area contributed by atoms with Crippen molar-refractivity contribution in [3.05, 3.63) is 54.0 Å². The highest BCUT2D eigenvalue weighted by Crippen LogP contribution is 2.22.